The van der Waals surface area contributed by atoms with Crippen molar-refractivity contribution in [2.75, 3.05) is 32.1 Å². The number of rotatable bonds is 6. The maximum absolute atomic E-state index is 13.0. The van der Waals surface area contributed by atoms with Crippen LogP contribution in [0.4, 0.5) is 5.82 Å². The summed E-state index contributed by atoms with van der Waals surface area (Å²) in [5, 5.41) is 0.710. The minimum Gasteiger partial charge on any atom is -0.354 e. The van der Waals surface area contributed by atoms with Gasteiger partial charge in [0.1, 0.15) is 11.6 Å². The lowest BCUT2D eigenvalue weighted by molar-refractivity contribution is -0.141. The number of benzene rings is 1. The second-order valence-electron chi connectivity index (χ2n) is 7.67. The van der Waals surface area contributed by atoms with E-state index in [-0.39, 0.29) is 5.91 Å². The van der Waals surface area contributed by atoms with E-state index in [2.05, 4.69) is 16.8 Å². The smallest absolute Gasteiger partial charge is 0.232 e. The van der Waals surface area contributed by atoms with Crippen LogP contribution < -0.4 is 4.90 Å². The van der Waals surface area contributed by atoms with Crippen LogP contribution in [0.15, 0.2) is 30.3 Å². The van der Waals surface area contributed by atoms with Gasteiger partial charge in [0.05, 0.1) is 5.41 Å². The second kappa shape index (κ2) is 7.85. The van der Waals surface area contributed by atoms with E-state index in [4.69, 9.17) is 16.6 Å². The van der Waals surface area contributed by atoms with Gasteiger partial charge in [-0.1, -0.05) is 30.7 Å². The van der Waals surface area contributed by atoms with Gasteiger partial charge < -0.3 is 9.80 Å². The van der Waals surface area contributed by atoms with Crippen molar-refractivity contribution >= 4 is 23.3 Å². The largest absolute Gasteiger partial charge is 0.354 e. The van der Waals surface area contributed by atoms with Gasteiger partial charge in [-0.05, 0) is 37.5 Å². The van der Waals surface area contributed by atoms with E-state index in [1.54, 1.807) is 4.90 Å². The van der Waals surface area contributed by atoms with Gasteiger partial charge in [0.15, 0.2) is 0 Å². The van der Waals surface area contributed by atoms with Gasteiger partial charge in [0.2, 0.25) is 5.91 Å². The summed E-state index contributed by atoms with van der Waals surface area (Å²) in [7, 11) is 3.64. The van der Waals surface area contributed by atoms with Gasteiger partial charge in [-0.2, -0.15) is 0 Å². The van der Waals surface area contributed by atoms with Crippen LogP contribution in [0.1, 0.15) is 30.4 Å². The summed E-state index contributed by atoms with van der Waals surface area (Å²) in [6, 6.07) is 9.77. The van der Waals surface area contributed by atoms with E-state index in [9.17, 15) is 4.79 Å². The van der Waals surface area contributed by atoms with Crippen molar-refractivity contribution < 1.29 is 4.79 Å². The lowest BCUT2D eigenvalue weighted by atomic mass is 9.73. The fraction of sp³-hybridized carbons (Fsp3) is 0.476. The highest BCUT2D eigenvalue weighted by molar-refractivity contribution is 6.30. The lowest BCUT2D eigenvalue weighted by Crippen LogP contribution is -2.64. The van der Waals surface area contributed by atoms with E-state index in [0.717, 1.165) is 35.7 Å². The summed E-state index contributed by atoms with van der Waals surface area (Å²) in [4.78, 5) is 26.1. The highest BCUT2D eigenvalue weighted by Crippen LogP contribution is 2.38. The fourth-order valence-electron chi connectivity index (χ4n) is 3.75. The third-order valence-electron chi connectivity index (χ3n) is 4.99. The average Bonchev–Trinajstić information content (AvgIpc) is 2.58. The topological polar surface area (TPSA) is 49.3 Å². The molecule has 1 aromatic carbocycles. The van der Waals surface area contributed by atoms with E-state index >= 15 is 0 Å². The number of hydrogen-bond donors (Lipinski definition) is 0. The highest BCUT2D eigenvalue weighted by atomic mass is 35.5. The number of aromatic nitrogens is 2. The molecule has 0 atom stereocenters. The number of hydrogen-bond acceptors (Lipinski definition) is 4. The molecule has 1 aliphatic rings. The molecule has 1 aromatic heterocycles. The molecule has 0 saturated carbocycles. The minimum absolute atomic E-state index is 0.160. The molecule has 1 amide bonds. The first-order valence-electron chi connectivity index (χ1n) is 9.39. The molecule has 1 saturated heterocycles. The molecule has 2 heterocycles. The number of halogens is 1. The normalized spacial score (nSPS) is 15.4. The Morgan fingerprint density at radius 3 is 2.48 bits per heavy atom. The minimum atomic E-state index is -0.429. The van der Waals surface area contributed by atoms with Gasteiger partial charge in [0.25, 0.3) is 0 Å². The molecule has 0 N–H and O–H groups in total. The summed E-state index contributed by atoms with van der Waals surface area (Å²) >= 11 is 6.00. The van der Waals surface area contributed by atoms with Crippen molar-refractivity contribution in [1.29, 1.82) is 0 Å². The number of carbonyl (C=O) groups is 1. The first kappa shape index (κ1) is 19.6. The molecule has 27 heavy (non-hydrogen) atoms. The second-order valence-corrected chi connectivity index (χ2v) is 8.11. The molecular weight excluding hydrogens is 360 g/mol. The van der Waals surface area contributed by atoms with Crippen molar-refractivity contribution in [3.63, 3.8) is 0 Å². The van der Waals surface area contributed by atoms with Gasteiger partial charge in [0, 0.05) is 50.4 Å². The number of amides is 1. The summed E-state index contributed by atoms with van der Waals surface area (Å²) in [5.74, 6) is 1.96. The third-order valence-corrected chi connectivity index (χ3v) is 5.24. The summed E-state index contributed by atoms with van der Waals surface area (Å²) < 4.78 is 0. The van der Waals surface area contributed by atoms with Gasteiger partial charge in [-0.25, -0.2) is 9.97 Å². The van der Waals surface area contributed by atoms with Crippen LogP contribution in [-0.2, 0) is 17.6 Å². The van der Waals surface area contributed by atoms with Crippen LogP contribution in [0.2, 0.25) is 5.02 Å². The van der Waals surface area contributed by atoms with Crippen LogP contribution >= 0.6 is 11.6 Å². The Morgan fingerprint density at radius 1 is 1.22 bits per heavy atom. The molecular formula is C21H27ClN4O. The first-order chi connectivity index (χ1) is 12.8. The average molecular weight is 387 g/mol. The van der Waals surface area contributed by atoms with E-state index < -0.39 is 5.41 Å². The standard InChI is InChI=1S/C21H27ClN4O/c1-5-6-18-23-15(2)11-19(24-18)26-13-21(14-26,20(27)25(3)4)12-16-7-9-17(22)10-8-16/h7-11H,5-6,12-14H2,1-4H3. The Bertz CT molecular complexity index is 813. The molecule has 3 rings (SSSR count). The van der Waals surface area contributed by atoms with Crippen molar-refractivity contribution in [2.45, 2.75) is 33.1 Å². The van der Waals surface area contributed by atoms with Gasteiger partial charge in [-0.3, -0.25) is 4.79 Å². The zero-order valence-corrected chi connectivity index (χ0v) is 17.3. The summed E-state index contributed by atoms with van der Waals surface area (Å²) in [6.07, 6.45) is 2.58. The number of carbonyl (C=O) groups excluding carboxylic acids is 1. The van der Waals surface area contributed by atoms with Crippen LogP contribution in [-0.4, -0.2) is 48.0 Å². The highest BCUT2D eigenvalue weighted by Gasteiger charge is 2.50. The van der Waals surface area contributed by atoms with Gasteiger partial charge in [-0.15, -0.1) is 0 Å². The Kier molecular flexibility index (Phi) is 5.70. The van der Waals surface area contributed by atoms with Crippen molar-refractivity contribution in [3.8, 4) is 0 Å². The molecule has 1 fully saturated rings. The molecule has 1 aliphatic heterocycles. The zero-order valence-electron chi connectivity index (χ0n) is 16.5. The van der Waals surface area contributed by atoms with Gasteiger partial charge >= 0.3 is 0 Å². The predicted molar refractivity (Wildman–Crippen MR) is 109 cm³/mol. The molecule has 0 unspecified atom stereocenters. The third kappa shape index (κ3) is 4.24. The number of nitrogens with zero attached hydrogens (tertiary/aromatic N) is 4. The first-order valence-corrected chi connectivity index (χ1v) is 9.76. The summed E-state index contributed by atoms with van der Waals surface area (Å²) in [5.41, 5.74) is 1.67. The van der Waals surface area contributed by atoms with Crippen molar-refractivity contribution in [2.24, 2.45) is 5.41 Å². The molecule has 0 spiro atoms. The molecule has 0 bridgehead atoms. The van der Waals surface area contributed by atoms with Crippen molar-refractivity contribution in [3.05, 3.63) is 52.4 Å². The van der Waals surface area contributed by atoms with Crippen LogP contribution in [0, 0.1) is 12.3 Å². The Balaban J connectivity index is 1.82. The molecule has 6 heteroatoms. The lowest BCUT2D eigenvalue weighted by Gasteiger charge is -2.50. The van der Waals surface area contributed by atoms with Crippen molar-refractivity contribution in [1.82, 2.24) is 14.9 Å². The number of aryl methyl sites for hydroxylation is 2. The maximum Gasteiger partial charge on any atom is 0.232 e. The Labute approximate surface area is 166 Å². The molecule has 5 nitrogen and oxygen atoms in total. The molecule has 0 aliphatic carbocycles. The Morgan fingerprint density at radius 2 is 1.89 bits per heavy atom. The summed E-state index contributed by atoms with van der Waals surface area (Å²) in [6.45, 7) is 5.45. The van der Waals surface area contributed by atoms with Crippen LogP contribution in [0.5, 0.6) is 0 Å². The van der Waals surface area contributed by atoms with E-state index in [1.807, 2.05) is 51.4 Å². The fourth-order valence-corrected chi connectivity index (χ4v) is 3.87. The van der Waals surface area contributed by atoms with Crippen LogP contribution in [0.3, 0.4) is 0 Å². The Hall–Kier alpha value is -2.14. The molecule has 144 valence electrons. The molecule has 2 aromatic rings. The zero-order chi connectivity index (χ0) is 19.6. The monoisotopic (exact) mass is 386 g/mol. The SMILES string of the molecule is CCCc1nc(C)cc(N2CC(Cc3ccc(Cl)cc3)(C(=O)N(C)C)C2)n1. The van der Waals surface area contributed by atoms with Crippen LogP contribution in [0.25, 0.3) is 0 Å². The maximum atomic E-state index is 13.0. The quantitative estimate of drug-likeness (QED) is 0.762. The van der Waals surface area contributed by atoms with E-state index in [1.165, 1.54) is 0 Å². The molecule has 0 radical (unpaired) electrons. The predicted octanol–water partition coefficient (Wildman–Crippen LogP) is 3.53. The number of anilines is 1. The van der Waals surface area contributed by atoms with E-state index in [0.29, 0.717) is 24.5 Å².